The monoisotopic (exact) mass is 146 g/mol. The molecule has 0 fully saturated rings. The summed E-state index contributed by atoms with van der Waals surface area (Å²) < 4.78 is 0. The molecule has 1 atom stereocenters. The summed E-state index contributed by atoms with van der Waals surface area (Å²) in [6.45, 7) is 2.31. The molecule has 10 heavy (non-hydrogen) atoms. The lowest BCUT2D eigenvalue weighted by Gasteiger charge is -2.10. The number of carbonyl (C=O) groups excluding carboxylic acids is 1. The summed E-state index contributed by atoms with van der Waals surface area (Å²) in [5.74, 6) is -0.365. The Morgan fingerprint density at radius 3 is 2.70 bits per heavy atom. The number of nitrogens with two attached hydrogens (primary N) is 1. The minimum atomic E-state index is -0.365. The Kier molecular flexibility index (Phi) is 4.88. The maximum absolute atomic E-state index is 10.5. The van der Waals surface area contributed by atoms with Crippen LogP contribution in [-0.2, 0) is 4.79 Å². The molecule has 1 unspecified atom stereocenters. The van der Waals surface area contributed by atoms with Gasteiger partial charge in [0.1, 0.15) is 0 Å². The highest BCUT2D eigenvalue weighted by Gasteiger charge is 2.09. The standard InChI is InChI=1S/C6H14N2O2/c1-2-5(6(7)10)8-3-4-9/h5,8-9H,2-4H2,1H3,(H2,7,10). The van der Waals surface area contributed by atoms with E-state index in [2.05, 4.69) is 5.32 Å². The average molecular weight is 146 g/mol. The number of rotatable bonds is 5. The topological polar surface area (TPSA) is 75.3 Å². The highest BCUT2D eigenvalue weighted by molar-refractivity contribution is 5.79. The summed E-state index contributed by atoms with van der Waals surface area (Å²) in [6.07, 6.45) is 0.662. The van der Waals surface area contributed by atoms with Crippen LogP contribution in [0.4, 0.5) is 0 Å². The number of aliphatic hydroxyl groups is 1. The molecule has 0 rings (SSSR count). The van der Waals surface area contributed by atoms with Crippen molar-refractivity contribution in [1.82, 2.24) is 5.32 Å². The second-order valence-corrected chi connectivity index (χ2v) is 2.04. The van der Waals surface area contributed by atoms with Gasteiger partial charge in [-0.3, -0.25) is 4.79 Å². The third kappa shape index (κ3) is 3.42. The average Bonchev–Trinajstić information content (AvgIpc) is 1.89. The molecular formula is C6H14N2O2. The summed E-state index contributed by atoms with van der Waals surface area (Å²) in [7, 11) is 0. The summed E-state index contributed by atoms with van der Waals surface area (Å²) in [6, 6.07) is -0.299. The van der Waals surface area contributed by atoms with Gasteiger partial charge in [0, 0.05) is 6.54 Å². The van der Waals surface area contributed by atoms with E-state index < -0.39 is 0 Å². The van der Waals surface area contributed by atoms with E-state index in [9.17, 15) is 4.79 Å². The van der Waals surface area contributed by atoms with Crippen LogP contribution in [0.25, 0.3) is 0 Å². The van der Waals surface area contributed by atoms with E-state index in [0.29, 0.717) is 13.0 Å². The molecule has 0 aliphatic rings. The van der Waals surface area contributed by atoms with Gasteiger partial charge in [-0.2, -0.15) is 0 Å². The molecule has 4 heteroatoms. The molecule has 0 saturated carbocycles. The van der Waals surface area contributed by atoms with E-state index in [-0.39, 0.29) is 18.6 Å². The number of amides is 1. The summed E-state index contributed by atoms with van der Waals surface area (Å²) in [5.41, 5.74) is 5.00. The Bertz CT molecular complexity index is 106. The van der Waals surface area contributed by atoms with Crippen LogP contribution >= 0.6 is 0 Å². The van der Waals surface area contributed by atoms with Crippen molar-refractivity contribution in [3.63, 3.8) is 0 Å². The Morgan fingerprint density at radius 2 is 2.40 bits per heavy atom. The molecule has 0 spiro atoms. The van der Waals surface area contributed by atoms with E-state index >= 15 is 0 Å². The fourth-order valence-corrected chi connectivity index (χ4v) is 0.685. The Balaban J connectivity index is 3.50. The molecule has 60 valence electrons. The zero-order valence-electron chi connectivity index (χ0n) is 6.13. The number of primary amides is 1. The maximum atomic E-state index is 10.5. The fraction of sp³-hybridized carbons (Fsp3) is 0.833. The van der Waals surface area contributed by atoms with Gasteiger partial charge in [0.05, 0.1) is 12.6 Å². The van der Waals surface area contributed by atoms with Crippen molar-refractivity contribution in [1.29, 1.82) is 0 Å². The molecule has 0 bridgehead atoms. The van der Waals surface area contributed by atoms with Gasteiger partial charge in [-0.05, 0) is 6.42 Å². The number of nitrogens with one attached hydrogen (secondary N) is 1. The van der Waals surface area contributed by atoms with E-state index in [1.165, 1.54) is 0 Å². The van der Waals surface area contributed by atoms with Gasteiger partial charge in [-0.25, -0.2) is 0 Å². The van der Waals surface area contributed by atoms with Gasteiger partial charge < -0.3 is 16.2 Å². The van der Waals surface area contributed by atoms with Crippen molar-refractivity contribution in [3.8, 4) is 0 Å². The van der Waals surface area contributed by atoms with Crippen molar-refractivity contribution in [2.75, 3.05) is 13.2 Å². The van der Waals surface area contributed by atoms with Crippen molar-refractivity contribution in [2.45, 2.75) is 19.4 Å². The highest BCUT2D eigenvalue weighted by atomic mass is 16.3. The lowest BCUT2D eigenvalue weighted by molar-refractivity contribution is -0.120. The van der Waals surface area contributed by atoms with E-state index in [1.54, 1.807) is 0 Å². The Labute approximate surface area is 60.4 Å². The number of aliphatic hydroxyl groups excluding tert-OH is 1. The zero-order chi connectivity index (χ0) is 7.98. The van der Waals surface area contributed by atoms with Crippen LogP contribution in [0.15, 0.2) is 0 Å². The maximum Gasteiger partial charge on any atom is 0.234 e. The zero-order valence-corrected chi connectivity index (χ0v) is 6.13. The van der Waals surface area contributed by atoms with Crippen LogP contribution < -0.4 is 11.1 Å². The first-order valence-corrected chi connectivity index (χ1v) is 3.36. The predicted octanol–water partition coefficient (Wildman–Crippen LogP) is -1.17. The molecule has 4 N–H and O–H groups in total. The van der Waals surface area contributed by atoms with Crippen molar-refractivity contribution in [2.24, 2.45) is 5.73 Å². The van der Waals surface area contributed by atoms with Gasteiger partial charge in [0.2, 0.25) is 5.91 Å². The highest BCUT2D eigenvalue weighted by Crippen LogP contribution is 1.86. The first-order valence-electron chi connectivity index (χ1n) is 3.36. The van der Waals surface area contributed by atoms with Gasteiger partial charge in [0.15, 0.2) is 0 Å². The first kappa shape index (κ1) is 9.39. The molecular weight excluding hydrogens is 132 g/mol. The van der Waals surface area contributed by atoms with Crippen LogP contribution in [0.2, 0.25) is 0 Å². The molecule has 0 radical (unpaired) electrons. The quantitative estimate of drug-likeness (QED) is 0.457. The van der Waals surface area contributed by atoms with Crippen molar-refractivity contribution >= 4 is 5.91 Å². The second kappa shape index (κ2) is 5.20. The van der Waals surface area contributed by atoms with Gasteiger partial charge in [0.25, 0.3) is 0 Å². The molecule has 4 nitrogen and oxygen atoms in total. The molecule has 0 aliphatic carbocycles. The van der Waals surface area contributed by atoms with E-state index in [0.717, 1.165) is 0 Å². The lowest BCUT2D eigenvalue weighted by atomic mass is 10.2. The summed E-state index contributed by atoms with van der Waals surface area (Å²) in [4.78, 5) is 10.5. The normalized spacial score (nSPS) is 13.0. The van der Waals surface area contributed by atoms with Gasteiger partial charge >= 0.3 is 0 Å². The summed E-state index contributed by atoms with van der Waals surface area (Å²) >= 11 is 0. The minimum absolute atomic E-state index is 0.0315. The van der Waals surface area contributed by atoms with Crippen LogP contribution in [0.1, 0.15) is 13.3 Å². The molecule has 0 saturated heterocycles. The Hall–Kier alpha value is -0.610. The van der Waals surface area contributed by atoms with Crippen LogP contribution in [0.3, 0.4) is 0 Å². The number of hydrogen-bond donors (Lipinski definition) is 3. The van der Waals surface area contributed by atoms with Gasteiger partial charge in [-0.15, -0.1) is 0 Å². The summed E-state index contributed by atoms with van der Waals surface area (Å²) in [5, 5.41) is 11.2. The third-order valence-electron chi connectivity index (χ3n) is 1.25. The van der Waals surface area contributed by atoms with Crippen molar-refractivity contribution in [3.05, 3.63) is 0 Å². The first-order chi connectivity index (χ1) is 4.72. The molecule has 0 aliphatic heterocycles. The van der Waals surface area contributed by atoms with Gasteiger partial charge in [-0.1, -0.05) is 6.92 Å². The van der Waals surface area contributed by atoms with E-state index in [1.807, 2.05) is 6.92 Å². The molecule has 1 amide bonds. The Morgan fingerprint density at radius 1 is 1.80 bits per heavy atom. The second-order valence-electron chi connectivity index (χ2n) is 2.04. The molecule has 0 aromatic rings. The fourth-order valence-electron chi connectivity index (χ4n) is 0.685. The predicted molar refractivity (Wildman–Crippen MR) is 38.4 cm³/mol. The smallest absolute Gasteiger partial charge is 0.234 e. The number of carbonyl (C=O) groups is 1. The molecule has 0 heterocycles. The van der Waals surface area contributed by atoms with Crippen LogP contribution in [0, 0.1) is 0 Å². The largest absolute Gasteiger partial charge is 0.395 e. The molecule has 0 aromatic carbocycles. The lowest BCUT2D eigenvalue weighted by Crippen LogP contribution is -2.41. The number of hydrogen-bond acceptors (Lipinski definition) is 3. The van der Waals surface area contributed by atoms with Crippen LogP contribution in [0.5, 0.6) is 0 Å². The molecule has 0 aromatic heterocycles. The third-order valence-corrected chi connectivity index (χ3v) is 1.25. The van der Waals surface area contributed by atoms with E-state index in [4.69, 9.17) is 10.8 Å². The minimum Gasteiger partial charge on any atom is -0.395 e. The van der Waals surface area contributed by atoms with Crippen LogP contribution in [-0.4, -0.2) is 30.2 Å². The van der Waals surface area contributed by atoms with Crippen molar-refractivity contribution < 1.29 is 9.90 Å². The SMILES string of the molecule is CCC(NCCO)C(N)=O.